The van der Waals surface area contributed by atoms with Gasteiger partial charge in [-0.25, -0.2) is 0 Å². The second kappa shape index (κ2) is 5.35. The van der Waals surface area contributed by atoms with Crippen molar-refractivity contribution in [1.82, 2.24) is 10.2 Å². The van der Waals surface area contributed by atoms with Crippen molar-refractivity contribution in [1.29, 1.82) is 0 Å². The molecule has 0 amide bonds. The third-order valence-electron chi connectivity index (χ3n) is 2.62. The highest BCUT2D eigenvalue weighted by Crippen LogP contribution is 2.31. The van der Waals surface area contributed by atoms with Crippen molar-refractivity contribution in [3.05, 3.63) is 30.5 Å². The summed E-state index contributed by atoms with van der Waals surface area (Å²) < 4.78 is 0. The van der Waals surface area contributed by atoms with Gasteiger partial charge in [0.2, 0.25) is 0 Å². The van der Waals surface area contributed by atoms with E-state index in [0.29, 0.717) is 5.03 Å². The van der Waals surface area contributed by atoms with Crippen LogP contribution in [0.2, 0.25) is 0 Å². The average molecular weight is 262 g/mol. The number of carboxylic acid groups (broad SMARTS) is 1. The van der Waals surface area contributed by atoms with Crippen molar-refractivity contribution >= 4 is 28.5 Å². The zero-order valence-electron chi connectivity index (χ0n) is 10.2. The van der Waals surface area contributed by atoms with Gasteiger partial charge in [0.1, 0.15) is 10.3 Å². The number of rotatable bonds is 4. The van der Waals surface area contributed by atoms with Crippen LogP contribution in [0.25, 0.3) is 10.8 Å². The molecule has 0 bridgehead atoms. The van der Waals surface area contributed by atoms with E-state index in [-0.39, 0.29) is 5.92 Å². The smallest absolute Gasteiger partial charge is 0.317 e. The number of hydrogen-bond acceptors (Lipinski definition) is 4. The van der Waals surface area contributed by atoms with Crippen molar-refractivity contribution < 1.29 is 9.90 Å². The molecule has 0 saturated carbocycles. The number of hydrogen-bond donors (Lipinski definition) is 1. The van der Waals surface area contributed by atoms with E-state index in [1.807, 2.05) is 38.1 Å². The first-order valence-corrected chi connectivity index (χ1v) is 6.57. The van der Waals surface area contributed by atoms with Crippen LogP contribution < -0.4 is 0 Å². The average Bonchev–Trinajstić information content (AvgIpc) is 2.35. The topological polar surface area (TPSA) is 63.1 Å². The highest BCUT2D eigenvalue weighted by atomic mass is 32.2. The van der Waals surface area contributed by atoms with Gasteiger partial charge in [0.05, 0.1) is 6.20 Å². The lowest BCUT2D eigenvalue weighted by Gasteiger charge is -2.15. The molecule has 0 aliphatic rings. The molecule has 94 valence electrons. The Bertz CT molecular complexity index is 566. The van der Waals surface area contributed by atoms with E-state index >= 15 is 0 Å². The summed E-state index contributed by atoms with van der Waals surface area (Å²) in [6.45, 7) is 3.79. The molecule has 4 nitrogen and oxygen atoms in total. The maximum absolute atomic E-state index is 11.2. The zero-order valence-corrected chi connectivity index (χ0v) is 11.0. The quantitative estimate of drug-likeness (QED) is 0.858. The summed E-state index contributed by atoms with van der Waals surface area (Å²) in [5.74, 6) is -0.780. The van der Waals surface area contributed by atoms with E-state index in [1.165, 1.54) is 11.8 Å². The standard InChI is InChI=1S/C13H14N2O2S/c1-8(2)11(13(16)17)18-12-10-6-4-3-5-9(10)7-14-15-12/h3-8,11H,1-2H3,(H,16,17). The van der Waals surface area contributed by atoms with E-state index < -0.39 is 11.2 Å². The van der Waals surface area contributed by atoms with Crippen molar-refractivity contribution in [3.8, 4) is 0 Å². The molecule has 1 atom stereocenters. The number of carbonyl (C=O) groups is 1. The van der Waals surface area contributed by atoms with Gasteiger partial charge in [0, 0.05) is 10.8 Å². The highest BCUT2D eigenvalue weighted by molar-refractivity contribution is 8.00. The number of aliphatic carboxylic acids is 1. The SMILES string of the molecule is CC(C)C(Sc1nncc2ccccc12)C(=O)O. The van der Waals surface area contributed by atoms with E-state index in [2.05, 4.69) is 10.2 Å². The van der Waals surface area contributed by atoms with Crippen LogP contribution in [-0.2, 0) is 4.79 Å². The minimum atomic E-state index is -0.815. The highest BCUT2D eigenvalue weighted by Gasteiger charge is 2.24. The molecule has 1 aromatic heterocycles. The van der Waals surface area contributed by atoms with Crippen LogP contribution in [0.15, 0.2) is 35.5 Å². The Kier molecular flexibility index (Phi) is 3.81. The second-order valence-corrected chi connectivity index (χ2v) is 5.49. The summed E-state index contributed by atoms with van der Waals surface area (Å²) in [4.78, 5) is 11.2. The van der Waals surface area contributed by atoms with Crippen molar-refractivity contribution in [2.45, 2.75) is 24.1 Å². The van der Waals surface area contributed by atoms with Gasteiger partial charge in [-0.2, -0.15) is 5.10 Å². The molecule has 0 saturated heterocycles. The van der Waals surface area contributed by atoms with Gasteiger partial charge in [-0.15, -0.1) is 5.10 Å². The first-order chi connectivity index (χ1) is 8.59. The molecule has 2 aromatic rings. The number of benzene rings is 1. The fourth-order valence-electron chi connectivity index (χ4n) is 1.68. The lowest BCUT2D eigenvalue weighted by Crippen LogP contribution is -2.22. The summed E-state index contributed by atoms with van der Waals surface area (Å²) >= 11 is 1.26. The van der Waals surface area contributed by atoms with Crippen molar-refractivity contribution in [2.24, 2.45) is 5.92 Å². The van der Waals surface area contributed by atoms with Crippen LogP contribution in [0.4, 0.5) is 0 Å². The molecule has 18 heavy (non-hydrogen) atoms. The lowest BCUT2D eigenvalue weighted by molar-refractivity contribution is -0.137. The first kappa shape index (κ1) is 12.8. The maximum Gasteiger partial charge on any atom is 0.317 e. The molecule has 0 fully saturated rings. The molecule has 0 spiro atoms. The van der Waals surface area contributed by atoms with Crippen LogP contribution in [-0.4, -0.2) is 26.5 Å². The van der Waals surface area contributed by atoms with Gasteiger partial charge in [-0.3, -0.25) is 4.79 Å². The molecule has 1 heterocycles. The Balaban J connectivity index is 2.39. The van der Waals surface area contributed by atoms with E-state index in [0.717, 1.165) is 10.8 Å². The molecule has 0 aliphatic heterocycles. The maximum atomic E-state index is 11.2. The third kappa shape index (κ3) is 2.61. The fraction of sp³-hybridized carbons (Fsp3) is 0.308. The van der Waals surface area contributed by atoms with Crippen LogP contribution in [0.1, 0.15) is 13.8 Å². The minimum Gasteiger partial charge on any atom is -0.480 e. The Morgan fingerprint density at radius 3 is 2.72 bits per heavy atom. The van der Waals surface area contributed by atoms with Gasteiger partial charge < -0.3 is 5.11 Å². The Morgan fingerprint density at radius 1 is 1.33 bits per heavy atom. The molecule has 1 unspecified atom stereocenters. The molecule has 5 heteroatoms. The predicted molar refractivity (Wildman–Crippen MR) is 71.7 cm³/mol. The molecule has 1 N–H and O–H groups in total. The number of carboxylic acids is 1. The van der Waals surface area contributed by atoms with E-state index in [1.54, 1.807) is 6.20 Å². The van der Waals surface area contributed by atoms with Gasteiger partial charge in [-0.1, -0.05) is 49.9 Å². The summed E-state index contributed by atoms with van der Waals surface area (Å²) in [5.41, 5.74) is 0. The van der Waals surface area contributed by atoms with Gasteiger partial charge >= 0.3 is 5.97 Å². The molecule has 0 radical (unpaired) electrons. The monoisotopic (exact) mass is 262 g/mol. The first-order valence-electron chi connectivity index (χ1n) is 5.69. The van der Waals surface area contributed by atoms with Crippen LogP contribution in [0.3, 0.4) is 0 Å². The summed E-state index contributed by atoms with van der Waals surface area (Å²) in [5, 5.41) is 19.3. The Morgan fingerprint density at radius 2 is 2.06 bits per heavy atom. The van der Waals surface area contributed by atoms with E-state index in [4.69, 9.17) is 0 Å². The predicted octanol–water partition coefficient (Wildman–Crippen LogP) is 2.83. The van der Waals surface area contributed by atoms with Crippen molar-refractivity contribution in [3.63, 3.8) is 0 Å². The van der Waals surface area contributed by atoms with Gasteiger partial charge in [0.25, 0.3) is 0 Å². The molecule has 1 aromatic carbocycles. The summed E-state index contributed by atoms with van der Waals surface area (Å²) in [6, 6.07) is 7.72. The Labute approximate surface area is 109 Å². The summed E-state index contributed by atoms with van der Waals surface area (Å²) in [6.07, 6.45) is 1.69. The number of fused-ring (bicyclic) bond motifs is 1. The van der Waals surface area contributed by atoms with Crippen molar-refractivity contribution in [2.75, 3.05) is 0 Å². The second-order valence-electron chi connectivity index (χ2n) is 4.36. The molecular weight excluding hydrogens is 248 g/mol. The number of nitrogens with zero attached hydrogens (tertiary/aromatic N) is 2. The number of thioether (sulfide) groups is 1. The van der Waals surface area contributed by atoms with E-state index in [9.17, 15) is 9.90 Å². The fourth-order valence-corrected chi connectivity index (χ4v) is 2.70. The number of aromatic nitrogens is 2. The third-order valence-corrected chi connectivity index (χ3v) is 4.15. The van der Waals surface area contributed by atoms with Crippen LogP contribution in [0.5, 0.6) is 0 Å². The molecule has 0 aliphatic carbocycles. The van der Waals surface area contributed by atoms with Gasteiger partial charge in [-0.05, 0) is 5.92 Å². The minimum absolute atomic E-state index is 0.0354. The van der Waals surface area contributed by atoms with Crippen LogP contribution >= 0.6 is 11.8 Å². The normalized spacial score (nSPS) is 12.8. The van der Waals surface area contributed by atoms with Gasteiger partial charge in [0.15, 0.2) is 0 Å². The zero-order chi connectivity index (χ0) is 13.1. The van der Waals surface area contributed by atoms with Crippen LogP contribution in [0, 0.1) is 5.92 Å². The summed E-state index contributed by atoms with van der Waals surface area (Å²) in [7, 11) is 0. The largest absolute Gasteiger partial charge is 0.480 e. The Hall–Kier alpha value is -1.62. The lowest BCUT2D eigenvalue weighted by atomic mass is 10.1. The molecular formula is C13H14N2O2S. The molecule has 2 rings (SSSR count).